The largest absolute Gasteiger partial charge is 0.258 e. The Balaban J connectivity index is 3.58. The number of hydrogen-bond acceptors (Lipinski definition) is 4. The molecule has 1 atom stereocenters. The van der Waals surface area contributed by atoms with Crippen molar-refractivity contribution in [3.8, 4) is 0 Å². The molecule has 0 fully saturated rings. The maximum atomic E-state index is 10.1. The predicted molar refractivity (Wildman–Crippen MR) is 40.8 cm³/mol. The lowest BCUT2D eigenvalue weighted by Gasteiger charge is -2.16. The topological polar surface area (TPSA) is 62.1 Å². The predicted octanol–water partition coefficient (Wildman–Crippen LogP) is 1.26. The molecule has 0 amide bonds. The van der Waals surface area contributed by atoms with Gasteiger partial charge in [-0.3, -0.25) is 10.3 Å². The molecule has 1 unspecified atom stereocenters. The van der Waals surface area contributed by atoms with Crippen LogP contribution in [0.15, 0.2) is 5.29 Å². The summed E-state index contributed by atoms with van der Waals surface area (Å²) in [7, 11) is 0. The Kier molecular flexibility index (Phi) is 5.68. The summed E-state index contributed by atoms with van der Waals surface area (Å²) < 4.78 is 0. The molecule has 0 aliphatic rings. The van der Waals surface area contributed by atoms with Gasteiger partial charge < -0.3 is 0 Å². The van der Waals surface area contributed by atoms with E-state index in [4.69, 9.17) is 5.26 Å². The van der Waals surface area contributed by atoms with Crippen molar-refractivity contribution >= 4 is 0 Å². The molecule has 0 rings (SSSR count). The van der Waals surface area contributed by atoms with Gasteiger partial charge in [0, 0.05) is 6.54 Å². The van der Waals surface area contributed by atoms with Crippen LogP contribution in [0.5, 0.6) is 0 Å². The van der Waals surface area contributed by atoms with Crippen molar-refractivity contribution in [3.05, 3.63) is 4.91 Å². The number of nitrogens with zero attached hydrogens (tertiary/aromatic N) is 2. The first-order valence-corrected chi connectivity index (χ1v) is 3.63. The third kappa shape index (κ3) is 4.69. The molecule has 0 aromatic carbocycles. The molecule has 0 aliphatic heterocycles. The number of hydrogen-bond donors (Lipinski definition) is 1. The zero-order chi connectivity index (χ0) is 8.69. The van der Waals surface area contributed by atoms with Crippen molar-refractivity contribution in [2.75, 3.05) is 13.1 Å². The van der Waals surface area contributed by atoms with E-state index in [-0.39, 0.29) is 6.10 Å². The molecule has 0 spiro atoms. The van der Waals surface area contributed by atoms with E-state index in [1.807, 2.05) is 6.92 Å². The van der Waals surface area contributed by atoms with Crippen molar-refractivity contribution < 1.29 is 10.1 Å². The second kappa shape index (κ2) is 6.06. The van der Waals surface area contributed by atoms with E-state index in [1.54, 1.807) is 6.92 Å². The lowest BCUT2D eigenvalue weighted by molar-refractivity contribution is -0.276. The second-order valence-corrected chi connectivity index (χ2v) is 2.41. The van der Waals surface area contributed by atoms with Crippen molar-refractivity contribution in [2.45, 2.75) is 26.4 Å². The van der Waals surface area contributed by atoms with Gasteiger partial charge in [-0.1, -0.05) is 6.92 Å². The third-order valence-electron chi connectivity index (χ3n) is 1.24. The van der Waals surface area contributed by atoms with E-state index < -0.39 is 0 Å². The lowest BCUT2D eigenvalue weighted by atomic mass is 10.4. The molecular weight excluding hydrogens is 148 g/mol. The molecule has 0 aromatic heterocycles. The molecule has 0 radical (unpaired) electrons. The highest BCUT2D eigenvalue weighted by atomic mass is 17.1. The van der Waals surface area contributed by atoms with Crippen LogP contribution in [0.1, 0.15) is 20.3 Å². The number of rotatable bonds is 6. The maximum absolute atomic E-state index is 10.1. The summed E-state index contributed by atoms with van der Waals surface area (Å²) in [5, 5.41) is 12.3. The summed E-state index contributed by atoms with van der Waals surface area (Å²) in [4.78, 5) is 14.1. The molecular formula is C6H14N2O3. The minimum absolute atomic E-state index is 0.327. The average Bonchev–Trinajstić information content (AvgIpc) is 2.03. The Morgan fingerprint density at radius 2 is 2.36 bits per heavy atom. The van der Waals surface area contributed by atoms with Crippen molar-refractivity contribution in [1.82, 2.24) is 5.01 Å². The molecule has 5 heteroatoms. The Morgan fingerprint density at radius 1 is 1.73 bits per heavy atom. The second-order valence-electron chi connectivity index (χ2n) is 2.41. The summed E-state index contributed by atoms with van der Waals surface area (Å²) in [6.07, 6.45) is 0.475. The van der Waals surface area contributed by atoms with E-state index in [0.29, 0.717) is 13.1 Å². The normalized spacial score (nSPS) is 12.6. The maximum Gasteiger partial charge on any atom is 0.109 e. The molecule has 0 aliphatic carbocycles. The Bertz CT molecular complexity index is 110. The summed E-state index contributed by atoms with van der Waals surface area (Å²) in [6.45, 7) is 4.53. The molecule has 66 valence electrons. The van der Waals surface area contributed by atoms with Gasteiger partial charge in [0.25, 0.3) is 0 Å². The van der Waals surface area contributed by atoms with Crippen LogP contribution in [0.4, 0.5) is 0 Å². The van der Waals surface area contributed by atoms with E-state index >= 15 is 0 Å². The number of nitroso groups, excluding NO2 is 1. The summed E-state index contributed by atoms with van der Waals surface area (Å²) >= 11 is 0. The van der Waals surface area contributed by atoms with Crippen LogP contribution in [-0.2, 0) is 4.89 Å². The van der Waals surface area contributed by atoms with Gasteiger partial charge in [-0.2, -0.15) is 0 Å². The van der Waals surface area contributed by atoms with Crippen LogP contribution in [0.2, 0.25) is 0 Å². The van der Waals surface area contributed by atoms with E-state index in [2.05, 4.69) is 10.2 Å². The van der Waals surface area contributed by atoms with Crippen LogP contribution in [0.3, 0.4) is 0 Å². The molecule has 0 bridgehead atoms. The minimum atomic E-state index is -0.376. The third-order valence-corrected chi connectivity index (χ3v) is 1.24. The molecule has 0 saturated heterocycles. The summed E-state index contributed by atoms with van der Waals surface area (Å²) in [5.41, 5.74) is 0. The highest BCUT2D eigenvalue weighted by Crippen LogP contribution is 1.96. The fourth-order valence-corrected chi connectivity index (χ4v) is 0.754. The van der Waals surface area contributed by atoms with Crippen molar-refractivity contribution in [2.24, 2.45) is 5.29 Å². The fraction of sp³-hybridized carbons (Fsp3) is 1.00. The molecule has 5 nitrogen and oxygen atoms in total. The van der Waals surface area contributed by atoms with Gasteiger partial charge in [-0.05, 0) is 13.3 Å². The van der Waals surface area contributed by atoms with Crippen LogP contribution in [0.25, 0.3) is 0 Å². The zero-order valence-electron chi connectivity index (χ0n) is 6.86. The highest BCUT2D eigenvalue weighted by molar-refractivity contribution is 4.55. The van der Waals surface area contributed by atoms with Crippen LogP contribution in [-0.4, -0.2) is 29.5 Å². The van der Waals surface area contributed by atoms with Gasteiger partial charge in [-0.15, -0.1) is 4.91 Å². The monoisotopic (exact) mass is 162 g/mol. The standard InChI is InChI=1S/C6H14N2O3/c1-3-4-8(7-9)5-6(2)11-10/h6,10H,3-5H2,1-2H3. The van der Waals surface area contributed by atoms with Crippen LogP contribution < -0.4 is 0 Å². The first kappa shape index (κ1) is 10.3. The summed E-state index contributed by atoms with van der Waals surface area (Å²) in [6, 6.07) is 0. The molecule has 0 saturated carbocycles. The van der Waals surface area contributed by atoms with E-state index in [0.717, 1.165) is 6.42 Å². The Morgan fingerprint density at radius 3 is 2.73 bits per heavy atom. The smallest absolute Gasteiger partial charge is 0.109 e. The minimum Gasteiger partial charge on any atom is -0.258 e. The SMILES string of the molecule is CCCN(CC(C)OO)N=O. The fourth-order valence-electron chi connectivity index (χ4n) is 0.754. The van der Waals surface area contributed by atoms with E-state index in [1.165, 1.54) is 5.01 Å². The first-order chi connectivity index (χ1) is 5.24. The van der Waals surface area contributed by atoms with Gasteiger partial charge >= 0.3 is 0 Å². The highest BCUT2D eigenvalue weighted by Gasteiger charge is 2.07. The molecule has 0 heterocycles. The lowest BCUT2D eigenvalue weighted by Crippen LogP contribution is -2.28. The van der Waals surface area contributed by atoms with Gasteiger partial charge in [0.2, 0.25) is 0 Å². The van der Waals surface area contributed by atoms with Crippen LogP contribution >= 0.6 is 0 Å². The van der Waals surface area contributed by atoms with Crippen LogP contribution in [0, 0.1) is 4.91 Å². The molecule has 11 heavy (non-hydrogen) atoms. The Labute approximate surface area is 65.8 Å². The van der Waals surface area contributed by atoms with Crippen molar-refractivity contribution in [1.29, 1.82) is 0 Å². The van der Waals surface area contributed by atoms with Gasteiger partial charge in [0.15, 0.2) is 0 Å². The van der Waals surface area contributed by atoms with Gasteiger partial charge in [0.1, 0.15) is 6.10 Å². The van der Waals surface area contributed by atoms with E-state index in [9.17, 15) is 4.91 Å². The zero-order valence-corrected chi connectivity index (χ0v) is 6.86. The summed E-state index contributed by atoms with van der Waals surface area (Å²) in [5.74, 6) is 0. The quantitative estimate of drug-likeness (QED) is 0.363. The first-order valence-electron chi connectivity index (χ1n) is 3.63. The molecule has 1 N–H and O–H groups in total. The average molecular weight is 162 g/mol. The van der Waals surface area contributed by atoms with Gasteiger partial charge in [0.05, 0.1) is 11.8 Å². The van der Waals surface area contributed by atoms with Crippen molar-refractivity contribution in [3.63, 3.8) is 0 Å². The Hall–Kier alpha value is -0.680. The van der Waals surface area contributed by atoms with Gasteiger partial charge in [-0.25, -0.2) is 4.89 Å². The molecule has 0 aromatic rings.